The zero-order valence-electron chi connectivity index (χ0n) is 8.68. The van der Waals surface area contributed by atoms with Crippen LogP contribution in [0.4, 0.5) is 0 Å². The molecule has 2 rings (SSSR count). The zero-order valence-corrected chi connectivity index (χ0v) is 10.3. The Hall–Kier alpha value is -0.340. The van der Waals surface area contributed by atoms with Crippen LogP contribution in [0.1, 0.15) is 25.0 Å². The van der Waals surface area contributed by atoms with E-state index in [2.05, 4.69) is 48.0 Å². The molecule has 76 valence electrons. The molecule has 0 saturated heterocycles. The van der Waals surface area contributed by atoms with Gasteiger partial charge in [-0.15, -0.1) is 0 Å². The molecule has 1 aromatic rings. The molecule has 0 radical (unpaired) electrons. The molecule has 1 aliphatic rings. The van der Waals surface area contributed by atoms with E-state index in [0.29, 0.717) is 5.92 Å². The van der Waals surface area contributed by atoms with Crippen molar-refractivity contribution < 1.29 is 0 Å². The lowest BCUT2D eigenvalue weighted by atomic mass is 9.79. The average Bonchev–Trinajstić information content (AvgIpc) is 2.37. The lowest BCUT2D eigenvalue weighted by Gasteiger charge is -2.27. The number of nitrogens with two attached hydrogens (primary N) is 1. The molecule has 1 aromatic carbocycles. The van der Waals surface area contributed by atoms with E-state index in [1.165, 1.54) is 15.6 Å². The number of halogens is 1. The molecule has 1 aliphatic carbocycles. The maximum atomic E-state index is 5.82. The first-order valence-electron chi connectivity index (χ1n) is 5.04. The van der Waals surface area contributed by atoms with Crippen LogP contribution in [0, 0.1) is 5.92 Å². The monoisotopic (exact) mass is 253 g/mol. The van der Waals surface area contributed by atoms with Crippen LogP contribution in [0.5, 0.6) is 0 Å². The van der Waals surface area contributed by atoms with Crippen molar-refractivity contribution in [3.63, 3.8) is 0 Å². The van der Waals surface area contributed by atoms with Gasteiger partial charge in [0.2, 0.25) is 0 Å². The Morgan fingerprint density at radius 2 is 2.21 bits per heavy atom. The minimum atomic E-state index is 0.241. The van der Waals surface area contributed by atoms with Gasteiger partial charge in [-0.25, -0.2) is 0 Å². The molecule has 0 aromatic heterocycles. The van der Waals surface area contributed by atoms with Crippen molar-refractivity contribution in [2.24, 2.45) is 11.7 Å². The SMILES string of the molecule is CC1(C)c2ccc(Br)cc2CC1CN. The van der Waals surface area contributed by atoms with Crippen molar-refractivity contribution in [1.29, 1.82) is 0 Å². The summed E-state index contributed by atoms with van der Waals surface area (Å²) in [5, 5.41) is 0. The van der Waals surface area contributed by atoms with Crippen molar-refractivity contribution in [3.8, 4) is 0 Å². The van der Waals surface area contributed by atoms with E-state index < -0.39 is 0 Å². The first-order chi connectivity index (χ1) is 6.55. The van der Waals surface area contributed by atoms with Crippen molar-refractivity contribution in [2.45, 2.75) is 25.7 Å². The summed E-state index contributed by atoms with van der Waals surface area (Å²) in [5.74, 6) is 0.590. The molecule has 2 N–H and O–H groups in total. The highest BCUT2D eigenvalue weighted by Crippen LogP contribution is 2.43. The third-order valence-corrected chi connectivity index (χ3v) is 4.03. The quantitative estimate of drug-likeness (QED) is 0.819. The highest BCUT2D eigenvalue weighted by atomic mass is 79.9. The lowest BCUT2D eigenvalue weighted by Crippen LogP contribution is -2.30. The van der Waals surface area contributed by atoms with Gasteiger partial charge >= 0.3 is 0 Å². The second-order valence-electron chi connectivity index (χ2n) is 4.66. The maximum absolute atomic E-state index is 5.82. The molecule has 1 atom stereocenters. The summed E-state index contributed by atoms with van der Waals surface area (Å²) in [4.78, 5) is 0. The van der Waals surface area contributed by atoms with Gasteiger partial charge in [0.15, 0.2) is 0 Å². The minimum absolute atomic E-state index is 0.241. The second kappa shape index (κ2) is 3.35. The Morgan fingerprint density at radius 3 is 2.86 bits per heavy atom. The van der Waals surface area contributed by atoms with E-state index in [1.54, 1.807) is 0 Å². The van der Waals surface area contributed by atoms with Crippen LogP contribution in [0.25, 0.3) is 0 Å². The fourth-order valence-corrected chi connectivity index (χ4v) is 2.89. The molecule has 2 heteroatoms. The van der Waals surface area contributed by atoms with Gasteiger partial charge in [0.05, 0.1) is 0 Å². The van der Waals surface area contributed by atoms with E-state index in [-0.39, 0.29) is 5.41 Å². The molecular formula is C12H16BrN. The first-order valence-corrected chi connectivity index (χ1v) is 5.84. The standard InChI is InChI=1S/C12H16BrN/c1-12(2)9(7-14)5-8-6-10(13)3-4-11(8)12/h3-4,6,9H,5,7,14H2,1-2H3. The van der Waals surface area contributed by atoms with Gasteiger partial charge in [0.25, 0.3) is 0 Å². The number of benzene rings is 1. The topological polar surface area (TPSA) is 26.0 Å². The fraction of sp³-hybridized carbons (Fsp3) is 0.500. The molecule has 0 bridgehead atoms. The summed E-state index contributed by atoms with van der Waals surface area (Å²) >= 11 is 3.51. The maximum Gasteiger partial charge on any atom is 0.0178 e. The summed E-state index contributed by atoms with van der Waals surface area (Å²) in [6, 6.07) is 6.58. The van der Waals surface area contributed by atoms with E-state index in [4.69, 9.17) is 5.73 Å². The molecule has 14 heavy (non-hydrogen) atoms. The van der Waals surface area contributed by atoms with Crippen LogP contribution in [0.3, 0.4) is 0 Å². The molecule has 0 fully saturated rings. The summed E-state index contributed by atoms with van der Waals surface area (Å²) in [6.07, 6.45) is 1.12. The molecule has 1 unspecified atom stereocenters. The van der Waals surface area contributed by atoms with Crippen molar-refractivity contribution >= 4 is 15.9 Å². The van der Waals surface area contributed by atoms with Crippen LogP contribution in [0.15, 0.2) is 22.7 Å². The van der Waals surface area contributed by atoms with Crippen LogP contribution in [-0.4, -0.2) is 6.54 Å². The van der Waals surface area contributed by atoms with Gasteiger partial charge in [-0.2, -0.15) is 0 Å². The summed E-state index contributed by atoms with van der Waals surface area (Å²) in [7, 11) is 0. The van der Waals surface area contributed by atoms with Crippen LogP contribution >= 0.6 is 15.9 Å². The summed E-state index contributed by atoms with van der Waals surface area (Å²) in [5.41, 5.74) is 8.98. The predicted molar refractivity (Wildman–Crippen MR) is 63.4 cm³/mol. The molecule has 0 heterocycles. The Morgan fingerprint density at radius 1 is 1.50 bits per heavy atom. The normalized spacial score (nSPS) is 23.6. The van der Waals surface area contributed by atoms with Crippen LogP contribution in [-0.2, 0) is 11.8 Å². The zero-order chi connectivity index (χ0) is 10.3. The van der Waals surface area contributed by atoms with E-state index in [1.807, 2.05) is 0 Å². The van der Waals surface area contributed by atoms with Gasteiger partial charge in [-0.3, -0.25) is 0 Å². The van der Waals surface area contributed by atoms with E-state index in [0.717, 1.165) is 13.0 Å². The average molecular weight is 254 g/mol. The van der Waals surface area contributed by atoms with Crippen molar-refractivity contribution in [3.05, 3.63) is 33.8 Å². The Bertz CT molecular complexity index is 357. The molecule has 0 amide bonds. The van der Waals surface area contributed by atoms with Gasteiger partial charge in [-0.05, 0) is 47.6 Å². The lowest BCUT2D eigenvalue weighted by molar-refractivity contribution is 0.358. The third kappa shape index (κ3) is 1.41. The van der Waals surface area contributed by atoms with Crippen molar-refractivity contribution in [2.75, 3.05) is 6.54 Å². The number of fused-ring (bicyclic) bond motifs is 1. The van der Waals surface area contributed by atoms with Crippen molar-refractivity contribution in [1.82, 2.24) is 0 Å². The van der Waals surface area contributed by atoms with Gasteiger partial charge < -0.3 is 5.73 Å². The fourth-order valence-electron chi connectivity index (χ4n) is 2.48. The Balaban J connectivity index is 2.48. The Kier molecular flexibility index (Phi) is 2.44. The first kappa shape index (κ1) is 10.2. The third-order valence-electron chi connectivity index (χ3n) is 3.53. The van der Waals surface area contributed by atoms with Crippen LogP contribution < -0.4 is 5.73 Å². The van der Waals surface area contributed by atoms with Gasteiger partial charge in [0, 0.05) is 4.47 Å². The minimum Gasteiger partial charge on any atom is -0.330 e. The van der Waals surface area contributed by atoms with E-state index >= 15 is 0 Å². The Labute approximate surface area is 93.8 Å². The molecular weight excluding hydrogens is 238 g/mol. The second-order valence-corrected chi connectivity index (χ2v) is 5.58. The van der Waals surface area contributed by atoms with E-state index in [9.17, 15) is 0 Å². The molecule has 0 aliphatic heterocycles. The smallest absolute Gasteiger partial charge is 0.0178 e. The number of hydrogen-bond acceptors (Lipinski definition) is 1. The van der Waals surface area contributed by atoms with Crippen LogP contribution in [0.2, 0.25) is 0 Å². The summed E-state index contributed by atoms with van der Waals surface area (Å²) < 4.78 is 1.17. The van der Waals surface area contributed by atoms with Gasteiger partial charge in [-0.1, -0.05) is 35.8 Å². The molecule has 0 saturated carbocycles. The van der Waals surface area contributed by atoms with Gasteiger partial charge in [0.1, 0.15) is 0 Å². The predicted octanol–water partition coefficient (Wildman–Crippen LogP) is 2.86. The number of rotatable bonds is 1. The number of hydrogen-bond donors (Lipinski definition) is 1. The highest BCUT2D eigenvalue weighted by Gasteiger charge is 2.38. The highest BCUT2D eigenvalue weighted by molar-refractivity contribution is 9.10. The molecule has 1 nitrogen and oxygen atoms in total. The largest absolute Gasteiger partial charge is 0.330 e. The molecule has 0 spiro atoms. The summed E-state index contributed by atoms with van der Waals surface area (Å²) in [6.45, 7) is 5.37.